The fraction of sp³-hybridized carbons (Fsp3) is 0.462. The van der Waals surface area contributed by atoms with E-state index in [1.807, 2.05) is 20.8 Å². The average Bonchev–Trinajstić information content (AvgIpc) is 2.37. The van der Waals surface area contributed by atoms with E-state index in [1.54, 1.807) is 18.0 Å². The number of carbonyl (C=O) groups excluding carboxylic acids is 1. The van der Waals surface area contributed by atoms with Gasteiger partial charge in [0, 0.05) is 25.7 Å². The van der Waals surface area contributed by atoms with Gasteiger partial charge >= 0.3 is 0 Å². The molecule has 0 aromatic heterocycles. The maximum absolute atomic E-state index is 12.4. The summed E-state index contributed by atoms with van der Waals surface area (Å²) in [4.78, 5) is 24.6. The van der Waals surface area contributed by atoms with E-state index in [-0.39, 0.29) is 23.3 Å². The number of hydrogen-bond donors (Lipinski definition) is 1. The zero-order valence-electron chi connectivity index (χ0n) is 11.6. The van der Waals surface area contributed by atoms with Crippen LogP contribution in [0.4, 0.5) is 11.4 Å². The van der Waals surface area contributed by atoms with E-state index in [0.29, 0.717) is 12.1 Å². The van der Waals surface area contributed by atoms with Crippen LogP contribution in [-0.2, 0) is 0 Å². The van der Waals surface area contributed by atoms with Crippen molar-refractivity contribution in [1.29, 1.82) is 0 Å². The Hall–Kier alpha value is -2.11. The highest BCUT2D eigenvalue weighted by molar-refractivity contribution is 6.01. The number of rotatable bonds is 5. The van der Waals surface area contributed by atoms with E-state index in [4.69, 9.17) is 0 Å². The van der Waals surface area contributed by atoms with Crippen molar-refractivity contribution in [3.05, 3.63) is 33.9 Å². The second-order valence-corrected chi connectivity index (χ2v) is 4.39. The van der Waals surface area contributed by atoms with Gasteiger partial charge in [0.05, 0.1) is 10.5 Å². The molecule has 0 aliphatic heterocycles. The van der Waals surface area contributed by atoms with Crippen LogP contribution in [0.2, 0.25) is 0 Å². The van der Waals surface area contributed by atoms with Crippen molar-refractivity contribution < 1.29 is 9.72 Å². The minimum atomic E-state index is -0.492. The van der Waals surface area contributed by atoms with Crippen LogP contribution in [0.1, 0.15) is 31.1 Å². The Bertz CT molecular complexity index is 486. The zero-order chi connectivity index (χ0) is 14.6. The number of amides is 1. The third kappa shape index (κ3) is 3.01. The summed E-state index contributed by atoms with van der Waals surface area (Å²) >= 11 is 0. The monoisotopic (exact) mass is 265 g/mol. The Kier molecular flexibility index (Phi) is 4.86. The molecule has 6 heteroatoms. The Morgan fingerprint density at radius 2 is 2.11 bits per heavy atom. The maximum atomic E-state index is 12.4. The summed E-state index contributed by atoms with van der Waals surface area (Å²) in [5.41, 5.74) is 0.497. The minimum Gasteiger partial charge on any atom is -0.382 e. The van der Waals surface area contributed by atoms with Crippen LogP contribution in [0.5, 0.6) is 0 Å². The first kappa shape index (κ1) is 14.9. The summed E-state index contributed by atoms with van der Waals surface area (Å²) < 4.78 is 0. The van der Waals surface area contributed by atoms with Crippen LogP contribution in [0.3, 0.4) is 0 Å². The third-order valence-electron chi connectivity index (χ3n) is 2.94. The smallest absolute Gasteiger partial charge is 0.293 e. The number of nitrogens with zero attached hydrogens (tertiary/aromatic N) is 2. The van der Waals surface area contributed by atoms with E-state index in [0.717, 1.165) is 0 Å². The molecule has 1 amide bonds. The normalized spacial score (nSPS) is 10.4. The van der Waals surface area contributed by atoms with Crippen molar-refractivity contribution in [1.82, 2.24) is 4.90 Å². The number of benzene rings is 1. The highest BCUT2D eigenvalue weighted by Crippen LogP contribution is 2.29. The molecule has 19 heavy (non-hydrogen) atoms. The third-order valence-corrected chi connectivity index (χ3v) is 2.94. The Morgan fingerprint density at radius 3 is 2.53 bits per heavy atom. The number of nitro groups is 1. The van der Waals surface area contributed by atoms with Crippen molar-refractivity contribution in [2.24, 2.45) is 0 Å². The number of nitro benzene ring substituents is 1. The van der Waals surface area contributed by atoms with Gasteiger partial charge in [-0.25, -0.2) is 0 Å². The van der Waals surface area contributed by atoms with E-state index in [2.05, 4.69) is 5.32 Å². The highest BCUT2D eigenvalue weighted by atomic mass is 16.6. The first-order valence-electron chi connectivity index (χ1n) is 6.20. The minimum absolute atomic E-state index is 0.0430. The molecule has 0 bridgehead atoms. The standard InChI is InChI=1S/C13H19N3O3/c1-5-15(9(2)3)13(17)10-7-6-8-11(16(18)19)12(10)14-4/h6-9,14H,5H2,1-4H3. The molecule has 104 valence electrons. The summed E-state index contributed by atoms with van der Waals surface area (Å²) in [6.45, 7) is 6.27. The number of carbonyl (C=O) groups is 1. The lowest BCUT2D eigenvalue weighted by atomic mass is 10.1. The molecule has 1 aromatic rings. The largest absolute Gasteiger partial charge is 0.382 e. The van der Waals surface area contributed by atoms with E-state index < -0.39 is 4.92 Å². The molecule has 0 atom stereocenters. The van der Waals surface area contributed by atoms with E-state index in [1.165, 1.54) is 12.1 Å². The lowest BCUT2D eigenvalue weighted by molar-refractivity contribution is -0.384. The Balaban J connectivity index is 3.30. The van der Waals surface area contributed by atoms with Crippen LogP contribution in [0.15, 0.2) is 18.2 Å². The molecule has 6 nitrogen and oxygen atoms in total. The lowest BCUT2D eigenvalue weighted by Crippen LogP contribution is -2.37. The molecule has 0 aliphatic carbocycles. The molecule has 1 rings (SSSR count). The first-order valence-corrected chi connectivity index (χ1v) is 6.20. The summed E-state index contributed by atoms with van der Waals surface area (Å²) in [5.74, 6) is -0.203. The quantitative estimate of drug-likeness (QED) is 0.655. The molecular weight excluding hydrogens is 246 g/mol. The van der Waals surface area contributed by atoms with Gasteiger partial charge in [-0.05, 0) is 26.8 Å². The second-order valence-electron chi connectivity index (χ2n) is 4.39. The number of anilines is 1. The molecule has 0 saturated carbocycles. The summed E-state index contributed by atoms with van der Waals surface area (Å²) in [6, 6.07) is 4.56. The van der Waals surface area contributed by atoms with Gasteiger partial charge in [-0.3, -0.25) is 14.9 Å². The van der Waals surface area contributed by atoms with Crippen molar-refractivity contribution in [2.75, 3.05) is 18.9 Å². The number of nitrogens with one attached hydrogen (secondary N) is 1. The molecule has 1 aromatic carbocycles. The average molecular weight is 265 g/mol. The molecule has 1 N–H and O–H groups in total. The molecule has 0 unspecified atom stereocenters. The van der Waals surface area contributed by atoms with Crippen molar-refractivity contribution in [2.45, 2.75) is 26.8 Å². The summed E-state index contributed by atoms with van der Waals surface area (Å²) in [6.07, 6.45) is 0. The van der Waals surface area contributed by atoms with Gasteiger partial charge in [0.2, 0.25) is 0 Å². The molecule has 0 fully saturated rings. The Labute approximate surface area is 112 Å². The van der Waals surface area contributed by atoms with Crippen molar-refractivity contribution >= 4 is 17.3 Å². The van der Waals surface area contributed by atoms with Gasteiger partial charge in [-0.2, -0.15) is 0 Å². The van der Waals surface area contributed by atoms with Gasteiger partial charge in [0.1, 0.15) is 5.69 Å². The highest BCUT2D eigenvalue weighted by Gasteiger charge is 2.24. The van der Waals surface area contributed by atoms with Crippen LogP contribution >= 0.6 is 0 Å². The van der Waals surface area contributed by atoms with Crippen LogP contribution in [0.25, 0.3) is 0 Å². The van der Waals surface area contributed by atoms with Gasteiger partial charge in [0.15, 0.2) is 0 Å². The fourth-order valence-electron chi connectivity index (χ4n) is 2.03. The molecule has 0 saturated heterocycles. The maximum Gasteiger partial charge on any atom is 0.293 e. The molecule has 0 heterocycles. The van der Waals surface area contributed by atoms with Crippen LogP contribution in [0, 0.1) is 10.1 Å². The predicted octanol–water partition coefficient (Wildman–Crippen LogP) is 2.51. The van der Waals surface area contributed by atoms with E-state index >= 15 is 0 Å². The van der Waals surface area contributed by atoms with Gasteiger partial charge < -0.3 is 10.2 Å². The Morgan fingerprint density at radius 1 is 1.47 bits per heavy atom. The second kappa shape index (κ2) is 6.17. The topological polar surface area (TPSA) is 75.5 Å². The number of para-hydroxylation sites is 1. The van der Waals surface area contributed by atoms with Crippen LogP contribution in [-0.4, -0.2) is 35.4 Å². The first-order chi connectivity index (χ1) is 8.93. The molecule has 0 aliphatic rings. The van der Waals surface area contributed by atoms with Gasteiger partial charge in [-0.1, -0.05) is 6.07 Å². The molecular formula is C13H19N3O3. The fourth-order valence-corrected chi connectivity index (χ4v) is 2.03. The van der Waals surface area contributed by atoms with Gasteiger partial charge in [0.25, 0.3) is 11.6 Å². The SMILES string of the molecule is CCN(C(=O)c1cccc([N+](=O)[O-])c1NC)C(C)C. The lowest BCUT2D eigenvalue weighted by Gasteiger charge is -2.26. The number of hydrogen-bond acceptors (Lipinski definition) is 4. The summed E-state index contributed by atoms with van der Waals surface area (Å²) in [7, 11) is 1.57. The van der Waals surface area contributed by atoms with Crippen LogP contribution < -0.4 is 5.32 Å². The van der Waals surface area contributed by atoms with E-state index in [9.17, 15) is 14.9 Å². The van der Waals surface area contributed by atoms with Crippen molar-refractivity contribution in [3.63, 3.8) is 0 Å². The molecule has 0 spiro atoms. The summed E-state index contributed by atoms with van der Waals surface area (Å²) in [5, 5.41) is 13.7. The molecule has 0 radical (unpaired) electrons. The zero-order valence-corrected chi connectivity index (χ0v) is 11.6. The van der Waals surface area contributed by atoms with Crippen molar-refractivity contribution in [3.8, 4) is 0 Å². The predicted molar refractivity (Wildman–Crippen MR) is 74.5 cm³/mol. The van der Waals surface area contributed by atoms with Gasteiger partial charge in [-0.15, -0.1) is 0 Å².